The topological polar surface area (TPSA) is 14.2 Å². The number of hydrogen-bond donors (Lipinski definition) is 0. The second-order valence-corrected chi connectivity index (χ2v) is 10.6. The molecule has 4 nitrogen and oxygen atoms in total. The summed E-state index contributed by atoms with van der Waals surface area (Å²) in [5, 5.41) is 0. The van der Waals surface area contributed by atoms with Gasteiger partial charge in [0.15, 0.2) is 25.1 Å². The van der Waals surface area contributed by atoms with Crippen molar-refractivity contribution < 1.29 is 9.13 Å². The molecular formula is C36H42N4+2. The summed E-state index contributed by atoms with van der Waals surface area (Å²) in [6.45, 7) is 2.04. The highest BCUT2D eigenvalue weighted by Gasteiger charge is 2.03. The van der Waals surface area contributed by atoms with E-state index in [9.17, 15) is 0 Å². The second-order valence-electron chi connectivity index (χ2n) is 10.6. The summed E-state index contributed by atoms with van der Waals surface area (Å²) in [7, 11) is 8.24. The molecule has 0 saturated heterocycles. The first-order valence-electron chi connectivity index (χ1n) is 14.2. The largest absolute Gasteiger partial charge is 0.378 e. The Balaban J connectivity index is 1.12. The summed E-state index contributed by atoms with van der Waals surface area (Å²) in [6.07, 6.45) is 23.1. The molecular weight excluding hydrogens is 488 g/mol. The van der Waals surface area contributed by atoms with Crippen molar-refractivity contribution in [1.29, 1.82) is 0 Å². The number of rotatable bonds is 13. The fourth-order valence-corrected chi connectivity index (χ4v) is 4.42. The molecule has 0 atom stereocenters. The number of pyridine rings is 1. The minimum atomic E-state index is 0.985. The van der Waals surface area contributed by atoms with Crippen LogP contribution in [-0.4, -0.2) is 28.2 Å². The van der Waals surface area contributed by atoms with Crippen LogP contribution in [0, 0.1) is 12.3 Å². The molecule has 0 spiro atoms. The van der Waals surface area contributed by atoms with Crippen molar-refractivity contribution >= 4 is 35.7 Å². The SMILES string of the molecule is CN(C)c1ccc(C=Cc2c#c[n+](CCCCCC[n+]3ccc(C=Cc4ccc(N(C)C)cc4)cc3)cc2)cc1. The van der Waals surface area contributed by atoms with Crippen molar-refractivity contribution in [1.82, 2.24) is 0 Å². The average Bonchev–Trinajstić information content (AvgIpc) is 2.98. The van der Waals surface area contributed by atoms with E-state index in [1.54, 1.807) is 0 Å². The molecule has 0 aliphatic heterocycles. The van der Waals surface area contributed by atoms with Crippen molar-refractivity contribution in [3.05, 3.63) is 120 Å². The molecule has 0 aliphatic rings. The highest BCUT2D eigenvalue weighted by atomic mass is 15.1. The number of aryl methyl sites for hydroxylation is 2. The molecule has 4 rings (SSSR count). The quantitative estimate of drug-likeness (QED) is 0.143. The zero-order chi connectivity index (χ0) is 28.2. The highest BCUT2D eigenvalue weighted by Crippen LogP contribution is 2.15. The van der Waals surface area contributed by atoms with Crippen molar-refractivity contribution in [3.63, 3.8) is 0 Å². The van der Waals surface area contributed by atoms with Crippen molar-refractivity contribution in [2.24, 2.45) is 0 Å². The van der Waals surface area contributed by atoms with Gasteiger partial charge in [-0.25, -0.2) is 4.57 Å². The summed E-state index contributed by atoms with van der Waals surface area (Å²) in [5.41, 5.74) is 7.09. The predicted molar refractivity (Wildman–Crippen MR) is 169 cm³/mol. The maximum atomic E-state index is 3.27. The van der Waals surface area contributed by atoms with Crippen LogP contribution in [-0.2, 0) is 13.1 Å². The van der Waals surface area contributed by atoms with Gasteiger partial charge in [0, 0.05) is 82.2 Å². The Morgan fingerprint density at radius 2 is 1.05 bits per heavy atom. The van der Waals surface area contributed by atoms with Gasteiger partial charge in [0.05, 0.1) is 0 Å². The third-order valence-corrected chi connectivity index (χ3v) is 7.00. The second kappa shape index (κ2) is 14.7. The Morgan fingerprint density at radius 1 is 0.550 bits per heavy atom. The minimum absolute atomic E-state index is 0.985. The Bertz CT molecular complexity index is 1240. The van der Waals surface area contributed by atoms with E-state index in [1.165, 1.54) is 47.3 Å². The van der Waals surface area contributed by atoms with E-state index < -0.39 is 0 Å². The van der Waals surface area contributed by atoms with Gasteiger partial charge in [0.1, 0.15) is 6.54 Å². The van der Waals surface area contributed by atoms with Gasteiger partial charge in [-0.15, -0.1) is 4.57 Å². The summed E-state index contributed by atoms with van der Waals surface area (Å²) in [5.74, 6) is 0. The fraction of sp³-hybridized carbons (Fsp3) is 0.278. The van der Waals surface area contributed by atoms with Gasteiger partial charge < -0.3 is 9.80 Å². The molecule has 204 valence electrons. The lowest BCUT2D eigenvalue weighted by molar-refractivity contribution is -0.699. The fourth-order valence-electron chi connectivity index (χ4n) is 4.42. The van der Waals surface area contributed by atoms with E-state index in [4.69, 9.17) is 0 Å². The van der Waals surface area contributed by atoms with Gasteiger partial charge in [-0.2, -0.15) is 0 Å². The number of hydrogen-bond acceptors (Lipinski definition) is 2. The predicted octanol–water partition coefficient (Wildman–Crippen LogP) is 6.60. The van der Waals surface area contributed by atoms with Crippen LogP contribution >= 0.6 is 0 Å². The first kappa shape index (κ1) is 28.6. The third kappa shape index (κ3) is 9.13. The van der Waals surface area contributed by atoms with E-state index in [0.717, 1.165) is 25.1 Å². The van der Waals surface area contributed by atoms with Gasteiger partial charge in [-0.05, 0) is 59.9 Å². The standard InChI is InChI=1S/C36H42N4/c1-37(2)35-17-13-31(14-18-35)9-11-33-21-27-39(28-22-33)25-7-5-6-8-26-40-29-23-34(24-30-40)12-10-32-15-19-36(20-16-32)38(3)4/h9-23,27-29H,5-8,25-26H2,1-4H3/q+2. The third-order valence-electron chi connectivity index (χ3n) is 7.00. The Kier molecular flexibility index (Phi) is 10.5. The number of unbranched alkanes of at least 4 members (excludes halogenated alkanes) is 3. The average molecular weight is 531 g/mol. The lowest BCUT2D eigenvalue weighted by Crippen LogP contribution is -2.32. The van der Waals surface area contributed by atoms with Gasteiger partial charge in [0.2, 0.25) is 6.20 Å². The minimum Gasteiger partial charge on any atom is -0.378 e. The zero-order valence-corrected chi connectivity index (χ0v) is 24.4. The van der Waals surface area contributed by atoms with Crippen molar-refractivity contribution in [2.75, 3.05) is 38.0 Å². The Hall–Kier alpha value is -4.36. The summed E-state index contributed by atoms with van der Waals surface area (Å²) < 4.78 is 4.39. The van der Waals surface area contributed by atoms with E-state index in [2.05, 4.69) is 169 Å². The number of nitrogens with zero attached hydrogens (tertiary/aromatic N) is 4. The maximum Gasteiger partial charge on any atom is 0.228 e. The van der Waals surface area contributed by atoms with E-state index in [0.29, 0.717) is 0 Å². The van der Waals surface area contributed by atoms with E-state index in [-0.39, 0.29) is 0 Å². The molecule has 0 saturated carbocycles. The van der Waals surface area contributed by atoms with Crippen LogP contribution < -0.4 is 18.9 Å². The van der Waals surface area contributed by atoms with Crippen LogP contribution in [0.25, 0.3) is 24.3 Å². The first-order valence-corrected chi connectivity index (χ1v) is 14.2. The van der Waals surface area contributed by atoms with Gasteiger partial charge in [-0.3, -0.25) is 0 Å². The van der Waals surface area contributed by atoms with Crippen LogP contribution in [0.15, 0.2) is 85.3 Å². The molecule has 40 heavy (non-hydrogen) atoms. The molecule has 0 radical (unpaired) electrons. The molecule has 4 aromatic rings. The summed E-state index contributed by atoms with van der Waals surface area (Å²) in [6, 6.07) is 26.9. The molecule has 0 N–H and O–H groups in total. The lowest BCUT2D eigenvalue weighted by Gasteiger charge is -2.11. The van der Waals surface area contributed by atoms with Crippen LogP contribution in [0.2, 0.25) is 0 Å². The van der Waals surface area contributed by atoms with E-state index in [1.807, 2.05) is 0 Å². The zero-order valence-electron chi connectivity index (χ0n) is 24.4. The molecule has 0 unspecified atom stereocenters. The first-order chi connectivity index (χ1) is 19.5. The van der Waals surface area contributed by atoms with Crippen LogP contribution in [0.1, 0.15) is 47.9 Å². The summed E-state index contributed by atoms with van der Waals surface area (Å²) in [4.78, 5) is 4.22. The molecule has 0 fully saturated rings. The van der Waals surface area contributed by atoms with Crippen LogP contribution in [0.3, 0.4) is 0 Å². The van der Waals surface area contributed by atoms with Crippen molar-refractivity contribution in [3.8, 4) is 0 Å². The van der Waals surface area contributed by atoms with Gasteiger partial charge >= 0.3 is 0 Å². The van der Waals surface area contributed by atoms with Gasteiger partial charge in [-0.1, -0.05) is 42.5 Å². The Morgan fingerprint density at radius 3 is 1.55 bits per heavy atom. The molecule has 2 heterocycles. The molecule has 2 aromatic heterocycles. The molecule has 4 heteroatoms. The van der Waals surface area contributed by atoms with E-state index >= 15 is 0 Å². The number of anilines is 2. The molecule has 0 aliphatic carbocycles. The maximum absolute atomic E-state index is 3.27. The smallest absolute Gasteiger partial charge is 0.228 e. The van der Waals surface area contributed by atoms with Crippen LogP contribution in [0.4, 0.5) is 11.4 Å². The highest BCUT2D eigenvalue weighted by molar-refractivity contribution is 5.70. The van der Waals surface area contributed by atoms with Gasteiger partial charge in [0.25, 0.3) is 0 Å². The molecule has 0 amide bonds. The molecule has 0 bridgehead atoms. The Labute approximate surface area is 241 Å². The summed E-state index contributed by atoms with van der Waals surface area (Å²) >= 11 is 0. The normalized spacial score (nSPS) is 11.2. The lowest BCUT2D eigenvalue weighted by atomic mass is 10.1. The number of benzene rings is 2. The monoisotopic (exact) mass is 530 g/mol. The van der Waals surface area contributed by atoms with Crippen molar-refractivity contribution in [2.45, 2.75) is 38.8 Å². The number of aromatic nitrogens is 2. The van der Waals surface area contributed by atoms with Crippen LogP contribution in [0.5, 0.6) is 0 Å². The molecule has 2 aromatic carbocycles.